The van der Waals surface area contributed by atoms with E-state index in [0.29, 0.717) is 11.3 Å². The fourth-order valence-corrected chi connectivity index (χ4v) is 4.09. The molecule has 1 atom stereocenters. The molecule has 4 rings (SSSR count). The molecule has 3 N–H and O–H groups in total. The Bertz CT molecular complexity index is 1180. The Morgan fingerprint density at radius 1 is 1.06 bits per heavy atom. The number of carbonyl (C=O) groups is 3. The highest BCUT2D eigenvalue weighted by molar-refractivity contribution is 6.29. The Labute approximate surface area is 191 Å². The van der Waals surface area contributed by atoms with Gasteiger partial charge >= 0.3 is 6.09 Å². The van der Waals surface area contributed by atoms with E-state index in [4.69, 9.17) is 4.74 Å². The van der Waals surface area contributed by atoms with Crippen molar-refractivity contribution in [3.05, 3.63) is 101 Å². The van der Waals surface area contributed by atoms with E-state index in [0.717, 1.165) is 5.69 Å². The lowest BCUT2D eigenvalue weighted by Crippen LogP contribution is -2.43. The SMILES string of the molecule is C=CCNC(=O)OCCC1(O)CC=C(Nc2ccccc2)C2=C1C(=O)c1ccccc1C2=O. The lowest BCUT2D eigenvalue weighted by molar-refractivity contribution is 0.0395. The van der Waals surface area contributed by atoms with Crippen LogP contribution < -0.4 is 10.6 Å². The number of anilines is 1. The van der Waals surface area contributed by atoms with Crippen molar-refractivity contribution in [3.63, 3.8) is 0 Å². The van der Waals surface area contributed by atoms with Gasteiger partial charge in [0, 0.05) is 47.5 Å². The molecule has 2 aliphatic carbocycles. The van der Waals surface area contributed by atoms with E-state index in [9.17, 15) is 19.5 Å². The van der Waals surface area contributed by atoms with E-state index >= 15 is 0 Å². The second-order valence-electron chi connectivity index (χ2n) is 7.85. The second kappa shape index (κ2) is 9.26. The van der Waals surface area contributed by atoms with Crippen molar-refractivity contribution in [2.24, 2.45) is 0 Å². The maximum Gasteiger partial charge on any atom is 0.407 e. The smallest absolute Gasteiger partial charge is 0.407 e. The topological polar surface area (TPSA) is 105 Å². The Hall–Kier alpha value is -3.97. The van der Waals surface area contributed by atoms with Gasteiger partial charge in [-0.2, -0.15) is 0 Å². The number of ketones is 2. The Kier molecular flexibility index (Phi) is 6.24. The molecule has 2 aromatic carbocycles. The third-order valence-electron chi connectivity index (χ3n) is 5.69. The van der Waals surface area contributed by atoms with Crippen molar-refractivity contribution in [2.45, 2.75) is 18.4 Å². The van der Waals surface area contributed by atoms with Crippen LogP contribution in [0.5, 0.6) is 0 Å². The molecule has 1 unspecified atom stereocenters. The Morgan fingerprint density at radius 2 is 1.73 bits per heavy atom. The first-order valence-corrected chi connectivity index (χ1v) is 10.6. The van der Waals surface area contributed by atoms with E-state index in [2.05, 4.69) is 17.2 Å². The number of alkyl carbamates (subject to hydrolysis) is 1. The van der Waals surface area contributed by atoms with Crippen molar-refractivity contribution in [1.82, 2.24) is 5.32 Å². The van der Waals surface area contributed by atoms with Crippen LogP contribution in [0.3, 0.4) is 0 Å². The third-order valence-corrected chi connectivity index (χ3v) is 5.69. The molecule has 0 aromatic heterocycles. The molecule has 0 spiro atoms. The van der Waals surface area contributed by atoms with Gasteiger partial charge in [-0.1, -0.05) is 54.6 Å². The largest absolute Gasteiger partial charge is 0.449 e. The molecule has 7 nitrogen and oxygen atoms in total. The van der Waals surface area contributed by atoms with Crippen LogP contribution in [0, 0.1) is 0 Å². The monoisotopic (exact) mass is 444 g/mol. The number of allylic oxidation sites excluding steroid dienone is 1. The van der Waals surface area contributed by atoms with E-state index in [1.54, 1.807) is 30.3 Å². The Morgan fingerprint density at radius 3 is 2.42 bits per heavy atom. The number of benzene rings is 2. The van der Waals surface area contributed by atoms with Gasteiger partial charge in [0.25, 0.3) is 0 Å². The van der Waals surface area contributed by atoms with Crippen molar-refractivity contribution in [2.75, 3.05) is 18.5 Å². The summed E-state index contributed by atoms with van der Waals surface area (Å²) in [6, 6.07) is 15.9. The molecule has 0 radical (unpaired) electrons. The van der Waals surface area contributed by atoms with Crippen LogP contribution in [0.25, 0.3) is 0 Å². The number of Topliss-reactive ketones (excluding diaryl/α,β-unsaturated/α-hetero) is 2. The molecule has 33 heavy (non-hydrogen) atoms. The first kappa shape index (κ1) is 22.2. The van der Waals surface area contributed by atoms with E-state index in [1.807, 2.05) is 30.3 Å². The molecular weight excluding hydrogens is 420 g/mol. The first-order chi connectivity index (χ1) is 15.9. The average Bonchev–Trinajstić information content (AvgIpc) is 2.83. The standard InChI is InChI=1S/C26H24N2O5/c1-2-15-27-25(31)33-16-14-26(32)13-12-20(28-17-8-4-3-5-9-17)21-22(26)24(30)19-11-7-6-10-18(19)23(21)29/h2-12,28,32H,1,13-16H2,(H,27,31). The number of aliphatic hydroxyl groups is 1. The highest BCUT2D eigenvalue weighted by atomic mass is 16.5. The highest BCUT2D eigenvalue weighted by Crippen LogP contribution is 2.42. The predicted molar refractivity (Wildman–Crippen MR) is 124 cm³/mol. The quantitative estimate of drug-likeness (QED) is 0.561. The van der Waals surface area contributed by atoms with Crippen LogP contribution in [-0.4, -0.2) is 41.5 Å². The van der Waals surface area contributed by atoms with Gasteiger partial charge in [-0.25, -0.2) is 4.79 Å². The fraction of sp³-hybridized carbons (Fsp3) is 0.192. The number of amides is 1. The van der Waals surface area contributed by atoms with Gasteiger partial charge in [0.2, 0.25) is 0 Å². The van der Waals surface area contributed by atoms with Crippen LogP contribution in [0.15, 0.2) is 90.2 Å². The molecule has 7 heteroatoms. The van der Waals surface area contributed by atoms with Crippen LogP contribution in [-0.2, 0) is 4.74 Å². The number of nitrogens with one attached hydrogen (secondary N) is 2. The average molecular weight is 444 g/mol. The zero-order valence-corrected chi connectivity index (χ0v) is 18.0. The van der Waals surface area contributed by atoms with Crippen LogP contribution >= 0.6 is 0 Å². The predicted octanol–water partition coefficient (Wildman–Crippen LogP) is 3.80. The second-order valence-corrected chi connectivity index (χ2v) is 7.85. The zero-order chi connectivity index (χ0) is 23.4. The number of carbonyl (C=O) groups excluding carboxylic acids is 3. The summed E-state index contributed by atoms with van der Waals surface area (Å²) in [6.07, 6.45) is 2.62. The highest BCUT2D eigenvalue weighted by Gasteiger charge is 2.46. The minimum Gasteiger partial charge on any atom is -0.449 e. The molecule has 0 fully saturated rings. The summed E-state index contributed by atoms with van der Waals surface area (Å²) in [4.78, 5) is 38.7. The van der Waals surface area contributed by atoms with Gasteiger partial charge in [-0.15, -0.1) is 6.58 Å². The van der Waals surface area contributed by atoms with Crippen LogP contribution in [0.1, 0.15) is 33.6 Å². The van der Waals surface area contributed by atoms with Gasteiger partial charge in [0.15, 0.2) is 11.6 Å². The van der Waals surface area contributed by atoms with Gasteiger partial charge in [0.1, 0.15) is 5.60 Å². The van der Waals surface area contributed by atoms with Crippen LogP contribution in [0.4, 0.5) is 10.5 Å². The lowest BCUT2D eigenvalue weighted by atomic mass is 9.70. The van der Waals surface area contributed by atoms with Crippen molar-refractivity contribution < 1.29 is 24.2 Å². The van der Waals surface area contributed by atoms with Gasteiger partial charge in [0.05, 0.1) is 12.2 Å². The van der Waals surface area contributed by atoms with Gasteiger partial charge < -0.3 is 20.5 Å². The van der Waals surface area contributed by atoms with E-state index < -0.39 is 17.5 Å². The number of para-hydroxylation sites is 1. The van der Waals surface area contributed by atoms with Gasteiger partial charge in [-0.3, -0.25) is 9.59 Å². The summed E-state index contributed by atoms with van der Waals surface area (Å²) < 4.78 is 5.13. The molecule has 1 amide bonds. The minimum absolute atomic E-state index is 0.0298. The summed E-state index contributed by atoms with van der Waals surface area (Å²) in [6.45, 7) is 3.63. The van der Waals surface area contributed by atoms with Gasteiger partial charge in [-0.05, 0) is 12.1 Å². The first-order valence-electron chi connectivity index (χ1n) is 10.6. The van der Waals surface area contributed by atoms with Crippen LogP contribution in [0.2, 0.25) is 0 Å². The van der Waals surface area contributed by atoms with Crippen molar-refractivity contribution in [3.8, 4) is 0 Å². The molecule has 2 aromatic rings. The number of fused-ring (bicyclic) bond motifs is 1. The molecular formula is C26H24N2O5. The van der Waals surface area contributed by atoms with Crippen molar-refractivity contribution >= 4 is 23.3 Å². The molecule has 0 aliphatic heterocycles. The summed E-state index contributed by atoms with van der Waals surface area (Å²) in [7, 11) is 0. The Balaban J connectivity index is 1.68. The normalized spacial score (nSPS) is 19.2. The summed E-state index contributed by atoms with van der Waals surface area (Å²) in [5, 5.41) is 17.2. The molecule has 168 valence electrons. The number of hydrogen-bond donors (Lipinski definition) is 3. The lowest BCUT2D eigenvalue weighted by Gasteiger charge is -2.37. The van der Waals surface area contributed by atoms with Crippen molar-refractivity contribution in [1.29, 1.82) is 0 Å². The molecule has 0 saturated heterocycles. The number of rotatable bonds is 7. The summed E-state index contributed by atoms with van der Waals surface area (Å²) in [5.41, 5.74) is 0.294. The molecule has 0 heterocycles. The molecule has 2 aliphatic rings. The van der Waals surface area contributed by atoms with E-state index in [1.165, 1.54) is 6.08 Å². The summed E-state index contributed by atoms with van der Waals surface area (Å²) >= 11 is 0. The maximum atomic E-state index is 13.5. The number of hydrogen-bond acceptors (Lipinski definition) is 6. The summed E-state index contributed by atoms with van der Waals surface area (Å²) in [5.74, 6) is -0.739. The molecule has 0 bridgehead atoms. The maximum absolute atomic E-state index is 13.5. The third kappa shape index (κ3) is 4.36. The molecule has 0 saturated carbocycles. The zero-order valence-electron chi connectivity index (χ0n) is 18.0. The van der Waals surface area contributed by atoms with E-state index in [-0.39, 0.29) is 48.5 Å². The minimum atomic E-state index is -1.66. The fourth-order valence-electron chi connectivity index (χ4n) is 4.09. The number of ether oxygens (including phenoxy) is 1.